The summed E-state index contributed by atoms with van der Waals surface area (Å²) in [6.45, 7) is 0.827. The first-order chi connectivity index (χ1) is 11.6. The van der Waals surface area contributed by atoms with Gasteiger partial charge in [0.25, 0.3) is 0 Å². The van der Waals surface area contributed by atoms with Gasteiger partial charge in [-0.25, -0.2) is 8.42 Å². The van der Waals surface area contributed by atoms with Crippen LogP contribution in [0.1, 0.15) is 33.1 Å². The highest BCUT2D eigenvalue weighted by Crippen LogP contribution is 2.64. The van der Waals surface area contributed by atoms with E-state index in [1.807, 2.05) is 13.8 Å². The van der Waals surface area contributed by atoms with E-state index in [0.29, 0.717) is 12.8 Å². The molecule has 0 spiro atoms. The summed E-state index contributed by atoms with van der Waals surface area (Å²) in [6, 6.07) is 5.61. The van der Waals surface area contributed by atoms with Gasteiger partial charge in [0.1, 0.15) is 11.5 Å². The van der Waals surface area contributed by atoms with E-state index in [4.69, 9.17) is 0 Å². The van der Waals surface area contributed by atoms with Gasteiger partial charge in [-0.3, -0.25) is 9.52 Å². The molecule has 2 atom stereocenters. The Balaban J connectivity index is 1.86. The normalized spacial score (nSPS) is 27.7. The first kappa shape index (κ1) is 18.1. The topological polar surface area (TPSA) is 72.5 Å². The van der Waals surface area contributed by atoms with Crippen LogP contribution in [-0.4, -0.2) is 26.6 Å². The standard InChI is InChI=1S/C17H21F2NO4S/c1-16(2)11-7-8-17(16,14(21)9-11)10-25(22,23)20-12-5-3-4-6-13(12)24-15(18)19/h3-6,11,15,20H,7-10H2,1-2H3. The Labute approximate surface area is 145 Å². The van der Waals surface area contributed by atoms with Gasteiger partial charge in [-0.1, -0.05) is 26.0 Å². The number of para-hydroxylation sites is 2. The van der Waals surface area contributed by atoms with Crippen LogP contribution in [0.5, 0.6) is 5.75 Å². The molecule has 2 aliphatic rings. The molecule has 1 aromatic carbocycles. The Morgan fingerprint density at radius 3 is 2.56 bits per heavy atom. The van der Waals surface area contributed by atoms with Crippen molar-refractivity contribution >= 4 is 21.5 Å². The largest absolute Gasteiger partial charge is 0.433 e. The van der Waals surface area contributed by atoms with E-state index < -0.39 is 27.5 Å². The van der Waals surface area contributed by atoms with E-state index in [1.165, 1.54) is 24.3 Å². The van der Waals surface area contributed by atoms with Crippen LogP contribution in [-0.2, 0) is 14.8 Å². The maximum atomic E-state index is 12.7. The lowest BCUT2D eigenvalue weighted by atomic mass is 9.70. The fraction of sp³-hybridized carbons (Fsp3) is 0.588. The van der Waals surface area contributed by atoms with Crippen molar-refractivity contribution in [3.63, 3.8) is 0 Å². The number of halogens is 2. The van der Waals surface area contributed by atoms with Crippen LogP contribution < -0.4 is 9.46 Å². The maximum Gasteiger partial charge on any atom is 0.387 e. The minimum Gasteiger partial charge on any atom is -0.433 e. The molecule has 2 bridgehead atoms. The predicted octanol–water partition coefficient (Wildman–Crippen LogP) is 3.43. The number of hydrogen-bond acceptors (Lipinski definition) is 4. The molecule has 0 aromatic heterocycles. The average molecular weight is 373 g/mol. The number of ketones is 1. The lowest BCUT2D eigenvalue weighted by Gasteiger charge is -2.36. The number of benzene rings is 1. The van der Waals surface area contributed by atoms with Gasteiger partial charge in [0.2, 0.25) is 10.0 Å². The summed E-state index contributed by atoms with van der Waals surface area (Å²) < 4.78 is 57.1. The van der Waals surface area contributed by atoms with E-state index >= 15 is 0 Å². The minimum atomic E-state index is -3.92. The molecular formula is C17H21F2NO4S. The highest BCUT2D eigenvalue weighted by molar-refractivity contribution is 7.92. The van der Waals surface area contributed by atoms with E-state index in [9.17, 15) is 22.0 Å². The third kappa shape index (κ3) is 3.01. The summed E-state index contributed by atoms with van der Waals surface area (Å²) in [5, 5.41) is 0. The van der Waals surface area contributed by atoms with Crippen molar-refractivity contribution in [2.75, 3.05) is 10.5 Å². The molecule has 2 unspecified atom stereocenters. The quantitative estimate of drug-likeness (QED) is 0.829. The van der Waals surface area contributed by atoms with Gasteiger partial charge in [0, 0.05) is 6.42 Å². The molecule has 0 saturated heterocycles. The summed E-state index contributed by atoms with van der Waals surface area (Å²) in [5.74, 6) is -0.411. The van der Waals surface area contributed by atoms with E-state index in [2.05, 4.69) is 9.46 Å². The number of alkyl halides is 2. The first-order valence-electron chi connectivity index (χ1n) is 8.15. The number of carbonyl (C=O) groups excluding carboxylic acids is 1. The van der Waals surface area contributed by atoms with Crippen LogP contribution in [0.2, 0.25) is 0 Å². The molecule has 1 N–H and O–H groups in total. The number of hydrogen-bond donors (Lipinski definition) is 1. The number of rotatable bonds is 6. The van der Waals surface area contributed by atoms with Crippen LogP contribution in [0.15, 0.2) is 24.3 Å². The van der Waals surface area contributed by atoms with Gasteiger partial charge < -0.3 is 4.74 Å². The Bertz CT molecular complexity index is 794. The van der Waals surface area contributed by atoms with Crippen LogP contribution in [0.4, 0.5) is 14.5 Å². The third-order valence-electron chi connectivity index (χ3n) is 5.94. The molecule has 138 valence electrons. The van der Waals surface area contributed by atoms with Crippen molar-refractivity contribution in [3.8, 4) is 5.75 Å². The Kier molecular flexibility index (Phi) is 4.29. The summed E-state index contributed by atoms with van der Waals surface area (Å²) in [6.07, 6.45) is 1.78. The molecule has 2 aliphatic carbocycles. The SMILES string of the molecule is CC1(C)C2CCC1(CS(=O)(=O)Nc1ccccc1OC(F)F)C(=O)C2. The van der Waals surface area contributed by atoms with Crippen LogP contribution in [0, 0.1) is 16.7 Å². The van der Waals surface area contributed by atoms with Crippen LogP contribution >= 0.6 is 0 Å². The zero-order valence-corrected chi connectivity index (χ0v) is 14.9. The zero-order chi connectivity index (χ0) is 18.5. The molecule has 1 aromatic rings. The van der Waals surface area contributed by atoms with Crippen molar-refractivity contribution in [1.29, 1.82) is 0 Å². The number of sulfonamides is 1. The highest BCUT2D eigenvalue weighted by Gasteiger charge is 2.65. The molecule has 5 nitrogen and oxygen atoms in total. The summed E-state index contributed by atoms with van der Waals surface area (Å²) in [4.78, 5) is 12.5. The van der Waals surface area contributed by atoms with Gasteiger partial charge in [-0.05, 0) is 36.3 Å². The lowest BCUT2D eigenvalue weighted by molar-refractivity contribution is -0.128. The second kappa shape index (κ2) is 5.93. The van der Waals surface area contributed by atoms with Crippen molar-refractivity contribution in [1.82, 2.24) is 0 Å². The van der Waals surface area contributed by atoms with Gasteiger partial charge in [-0.15, -0.1) is 0 Å². The molecule has 0 amide bonds. The third-order valence-corrected chi connectivity index (χ3v) is 7.35. The number of anilines is 1. The van der Waals surface area contributed by atoms with Gasteiger partial charge >= 0.3 is 6.61 Å². The second-order valence-electron chi connectivity index (χ2n) is 7.40. The number of fused-ring (bicyclic) bond motifs is 2. The van der Waals surface area contributed by atoms with Crippen molar-refractivity contribution in [3.05, 3.63) is 24.3 Å². The van der Waals surface area contributed by atoms with Gasteiger partial charge in [0.15, 0.2) is 0 Å². The van der Waals surface area contributed by atoms with Crippen LogP contribution in [0.25, 0.3) is 0 Å². The summed E-state index contributed by atoms with van der Waals surface area (Å²) >= 11 is 0. The molecule has 8 heteroatoms. The smallest absolute Gasteiger partial charge is 0.387 e. The fourth-order valence-electron chi connectivity index (χ4n) is 4.39. The molecule has 25 heavy (non-hydrogen) atoms. The summed E-state index contributed by atoms with van der Waals surface area (Å²) in [7, 11) is -3.92. The Hall–Kier alpha value is -1.70. The Morgan fingerprint density at radius 2 is 2.00 bits per heavy atom. The fourth-order valence-corrected chi connectivity index (χ4v) is 6.29. The van der Waals surface area contributed by atoms with E-state index in [0.717, 1.165) is 6.42 Å². The number of Topliss-reactive ketones (excluding diaryl/α,β-unsaturated/α-hetero) is 1. The average Bonchev–Trinajstić information content (AvgIpc) is 2.82. The summed E-state index contributed by atoms with van der Waals surface area (Å²) in [5.41, 5.74) is -1.36. The highest BCUT2D eigenvalue weighted by atomic mass is 32.2. The van der Waals surface area contributed by atoms with Gasteiger partial charge in [-0.2, -0.15) is 8.78 Å². The molecule has 3 rings (SSSR count). The zero-order valence-electron chi connectivity index (χ0n) is 14.1. The lowest BCUT2D eigenvalue weighted by Crippen LogP contribution is -2.43. The molecular weight excluding hydrogens is 352 g/mol. The first-order valence-corrected chi connectivity index (χ1v) is 9.80. The monoisotopic (exact) mass is 373 g/mol. The molecule has 2 fully saturated rings. The molecule has 0 aliphatic heterocycles. The van der Waals surface area contributed by atoms with E-state index in [1.54, 1.807) is 0 Å². The Morgan fingerprint density at radius 1 is 1.32 bits per heavy atom. The number of carbonyl (C=O) groups is 1. The van der Waals surface area contributed by atoms with Crippen LogP contribution in [0.3, 0.4) is 0 Å². The predicted molar refractivity (Wildman–Crippen MR) is 89.0 cm³/mol. The van der Waals surface area contributed by atoms with E-state index in [-0.39, 0.29) is 28.9 Å². The molecule has 2 saturated carbocycles. The molecule has 0 heterocycles. The van der Waals surface area contributed by atoms with Crippen molar-refractivity contribution in [2.24, 2.45) is 16.7 Å². The number of nitrogens with one attached hydrogen (secondary N) is 1. The molecule has 0 radical (unpaired) electrons. The van der Waals surface area contributed by atoms with Crippen molar-refractivity contribution in [2.45, 2.75) is 39.7 Å². The minimum absolute atomic E-state index is 0.0174. The maximum absolute atomic E-state index is 12.7. The second-order valence-corrected chi connectivity index (χ2v) is 9.12. The van der Waals surface area contributed by atoms with Gasteiger partial charge in [0.05, 0.1) is 16.9 Å². The van der Waals surface area contributed by atoms with Crippen molar-refractivity contribution < 1.29 is 26.7 Å². The number of ether oxygens (including phenoxy) is 1.